The molecule has 0 radical (unpaired) electrons. The van der Waals surface area contributed by atoms with Crippen LogP contribution in [0.25, 0.3) is 0 Å². The Morgan fingerprint density at radius 2 is 1.96 bits per heavy atom. The van der Waals surface area contributed by atoms with Gasteiger partial charge in [-0.05, 0) is 24.3 Å². The predicted molar refractivity (Wildman–Crippen MR) is 92.3 cm³/mol. The van der Waals surface area contributed by atoms with Gasteiger partial charge in [-0.3, -0.25) is 14.5 Å². The number of nitrogens with zero attached hydrogens (tertiary/aromatic N) is 1. The average Bonchev–Trinajstić information content (AvgIpc) is 3.07. The second-order valence-electron chi connectivity index (χ2n) is 6.52. The van der Waals surface area contributed by atoms with Crippen LogP contribution in [-0.4, -0.2) is 41.4 Å². The van der Waals surface area contributed by atoms with Crippen molar-refractivity contribution in [1.82, 2.24) is 10.2 Å². The zero-order chi connectivity index (χ0) is 18.4. The third-order valence-electron chi connectivity index (χ3n) is 4.27. The summed E-state index contributed by atoms with van der Waals surface area (Å²) in [5.41, 5.74) is 6.21. The Hall–Kier alpha value is -2.57. The van der Waals surface area contributed by atoms with Crippen molar-refractivity contribution in [3.63, 3.8) is 0 Å². The Morgan fingerprint density at radius 1 is 1.28 bits per heavy atom. The van der Waals surface area contributed by atoms with Gasteiger partial charge in [0.25, 0.3) is 0 Å². The largest absolute Gasteiger partial charge is 0.445 e. The molecule has 1 aliphatic rings. The Bertz CT molecular complexity index is 618. The average molecular weight is 347 g/mol. The van der Waals surface area contributed by atoms with Crippen LogP contribution >= 0.6 is 0 Å². The lowest BCUT2D eigenvalue weighted by Gasteiger charge is -2.26. The summed E-state index contributed by atoms with van der Waals surface area (Å²) in [4.78, 5) is 37.7. The van der Waals surface area contributed by atoms with Crippen molar-refractivity contribution in [3.8, 4) is 0 Å². The molecule has 136 valence electrons. The molecule has 0 bridgehead atoms. The van der Waals surface area contributed by atoms with Crippen LogP contribution in [-0.2, 0) is 20.9 Å². The van der Waals surface area contributed by atoms with E-state index in [4.69, 9.17) is 10.5 Å². The van der Waals surface area contributed by atoms with Gasteiger partial charge in [0.15, 0.2) is 0 Å². The van der Waals surface area contributed by atoms with Gasteiger partial charge in [0.2, 0.25) is 11.8 Å². The SMILES string of the molecule is CC(C)[C@H](NC(=O)[C@H]1CCCN1C(=O)OCc1ccccc1)C(N)=O. The van der Waals surface area contributed by atoms with Crippen LogP contribution in [0.3, 0.4) is 0 Å². The molecule has 0 unspecified atom stereocenters. The number of primary amides is 1. The molecule has 0 aliphatic carbocycles. The van der Waals surface area contributed by atoms with Crippen LogP contribution in [0.1, 0.15) is 32.3 Å². The fraction of sp³-hybridized carbons (Fsp3) is 0.500. The molecule has 0 saturated carbocycles. The summed E-state index contributed by atoms with van der Waals surface area (Å²) in [6.07, 6.45) is 0.721. The molecule has 7 nitrogen and oxygen atoms in total. The quantitative estimate of drug-likeness (QED) is 0.812. The van der Waals surface area contributed by atoms with Crippen molar-refractivity contribution in [3.05, 3.63) is 35.9 Å². The molecule has 1 saturated heterocycles. The number of hydrogen-bond acceptors (Lipinski definition) is 4. The molecule has 1 aromatic rings. The van der Waals surface area contributed by atoms with E-state index in [0.29, 0.717) is 19.4 Å². The van der Waals surface area contributed by atoms with Gasteiger partial charge in [0.1, 0.15) is 18.7 Å². The monoisotopic (exact) mass is 347 g/mol. The number of carbonyl (C=O) groups excluding carboxylic acids is 3. The molecule has 3 N–H and O–H groups in total. The first-order chi connectivity index (χ1) is 11.9. The van der Waals surface area contributed by atoms with Crippen molar-refractivity contribution in [1.29, 1.82) is 0 Å². The number of nitrogens with one attached hydrogen (secondary N) is 1. The molecule has 1 aliphatic heterocycles. The van der Waals surface area contributed by atoms with E-state index in [1.807, 2.05) is 30.3 Å². The van der Waals surface area contributed by atoms with Crippen LogP contribution in [0.4, 0.5) is 4.79 Å². The van der Waals surface area contributed by atoms with E-state index in [1.54, 1.807) is 13.8 Å². The maximum atomic E-state index is 12.5. The summed E-state index contributed by atoms with van der Waals surface area (Å²) in [7, 11) is 0. The summed E-state index contributed by atoms with van der Waals surface area (Å²) in [5.74, 6) is -1.08. The molecular formula is C18H25N3O4. The van der Waals surface area contributed by atoms with Crippen LogP contribution in [0.15, 0.2) is 30.3 Å². The van der Waals surface area contributed by atoms with Crippen molar-refractivity contribution in [2.45, 2.75) is 45.4 Å². The van der Waals surface area contributed by atoms with Crippen LogP contribution in [0, 0.1) is 5.92 Å². The van der Waals surface area contributed by atoms with E-state index in [-0.39, 0.29) is 18.4 Å². The third kappa shape index (κ3) is 4.95. The summed E-state index contributed by atoms with van der Waals surface area (Å²) in [6.45, 7) is 4.21. The lowest BCUT2D eigenvalue weighted by atomic mass is 10.0. The van der Waals surface area contributed by atoms with Gasteiger partial charge >= 0.3 is 6.09 Å². The third-order valence-corrected chi connectivity index (χ3v) is 4.27. The van der Waals surface area contributed by atoms with Crippen molar-refractivity contribution < 1.29 is 19.1 Å². The molecule has 1 aromatic carbocycles. The smallest absolute Gasteiger partial charge is 0.410 e. The van der Waals surface area contributed by atoms with E-state index in [0.717, 1.165) is 5.56 Å². The minimum absolute atomic E-state index is 0.124. The second kappa shape index (κ2) is 8.50. The van der Waals surface area contributed by atoms with Gasteiger partial charge in [-0.1, -0.05) is 44.2 Å². The van der Waals surface area contributed by atoms with Crippen molar-refractivity contribution >= 4 is 17.9 Å². The number of rotatable bonds is 6. The summed E-state index contributed by atoms with van der Waals surface area (Å²) < 4.78 is 5.31. The van der Waals surface area contributed by atoms with E-state index >= 15 is 0 Å². The summed E-state index contributed by atoms with van der Waals surface area (Å²) >= 11 is 0. The molecule has 0 aromatic heterocycles. The topological polar surface area (TPSA) is 102 Å². The first-order valence-corrected chi connectivity index (χ1v) is 8.47. The lowest BCUT2D eigenvalue weighted by molar-refractivity contribution is -0.130. The highest BCUT2D eigenvalue weighted by molar-refractivity contribution is 5.91. The molecule has 1 fully saturated rings. The number of benzene rings is 1. The Kier molecular flexibility index (Phi) is 6.38. The van der Waals surface area contributed by atoms with Gasteiger partial charge in [-0.2, -0.15) is 0 Å². The summed E-state index contributed by atoms with van der Waals surface area (Å²) in [6, 6.07) is 7.95. The second-order valence-corrected chi connectivity index (χ2v) is 6.52. The Labute approximate surface area is 147 Å². The molecular weight excluding hydrogens is 322 g/mol. The molecule has 2 atom stereocenters. The zero-order valence-corrected chi connectivity index (χ0v) is 14.6. The van der Waals surface area contributed by atoms with Gasteiger partial charge in [0, 0.05) is 6.54 Å². The number of likely N-dealkylation sites (tertiary alicyclic amines) is 1. The minimum Gasteiger partial charge on any atom is -0.445 e. The fourth-order valence-electron chi connectivity index (χ4n) is 2.88. The lowest BCUT2D eigenvalue weighted by Crippen LogP contribution is -2.54. The highest BCUT2D eigenvalue weighted by Gasteiger charge is 2.36. The number of hydrogen-bond donors (Lipinski definition) is 2. The number of nitrogens with two attached hydrogens (primary N) is 1. The fourth-order valence-corrected chi connectivity index (χ4v) is 2.88. The minimum atomic E-state index is -0.754. The maximum Gasteiger partial charge on any atom is 0.410 e. The highest BCUT2D eigenvalue weighted by atomic mass is 16.6. The Morgan fingerprint density at radius 3 is 2.56 bits per heavy atom. The maximum absolute atomic E-state index is 12.5. The zero-order valence-electron chi connectivity index (χ0n) is 14.6. The van der Waals surface area contributed by atoms with Crippen molar-refractivity contribution in [2.75, 3.05) is 6.54 Å². The predicted octanol–water partition coefficient (Wildman–Crippen LogP) is 1.41. The molecule has 1 heterocycles. The molecule has 25 heavy (non-hydrogen) atoms. The highest BCUT2D eigenvalue weighted by Crippen LogP contribution is 2.19. The number of amides is 3. The molecule has 3 amide bonds. The standard InChI is InChI=1S/C18H25N3O4/c1-12(2)15(16(19)22)20-17(23)14-9-6-10-21(14)18(24)25-11-13-7-4-3-5-8-13/h3-5,7-8,12,14-15H,6,9-11H2,1-2H3,(H2,19,22)(H,20,23)/t14-,15+/m1/s1. The molecule has 0 spiro atoms. The molecule has 2 rings (SSSR count). The Balaban J connectivity index is 1.95. The first kappa shape index (κ1) is 18.8. The van der Waals surface area contributed by atoms with E-state index in [1.165, 1.54) is 4.90 Å². The molecule has 7 heteroatoms. The number of ether oxygens (including phenoxy) is 1. The van der Waals surface area contributed by atoms with E-state index in [9.17, 15) is 14.4 Å². The van der Waals surface area contributed by atoms with Crippen LogP contribution in [0.5, 0.6) is 0 Å². The van der Waals surface area contributed by atoms with Crippen LogP contribution < -0.4 is 11.1 Å². The normalized spacial score (nSPS) is 18.0. The van der Waals surface area contributed by atoms with Crippen molar-refractivity contribution in [2.24, 2.45) is 11.7 Å². The van der Waals surface area contributed by atoms with Gasteiger partial charge in [-0.25, -0.2) is 4.79 Å². The van der Waals surface area contributed by atoms with Gasteiger partial charge in [0.05, 0.1) is 0 Å². The number of carbonyl (C=O) groups is 3. The summed E-state index contributed by atoms with van der Waals surface area (Å²) in [5, 5.41) is 2.65. The van der Waals surface area contributed by atoms with E-state index in [2.05, 4.69) is 5.32 Å². The van der Waals surface area contributed by atoms with Gasteiger partial charge < -0.3 is 15.8 Å². The van der Waals surface area contributed by atoms with E-state index < -0.39 is 24.1 Å². The first-order valence-electron chi connectivity index (χ1n) is 8.47. The van der Waals surface area contributed by atoms with Gasteiger partial charge in [-0.15, -0.1) is 0 Å². The van der Waals surface area contributed by atoms with Crippen LogP contribution in [0.2, 0.25) is 0 Å².